The molecule has 0 unspecified atom stereocenters. The Hall–Kier alpha value is -3.26. The summed E-state index contributed by atoms with van der Waals surface area (Å²) in [6.07, 6.45) is 0. The van der Waals surface area contributed by atoms with E-state index >= 15 is 0 Å². The smallest absolute Gasteiger partial charge is 0.340 e. The highest BCUT2D eigenvalue weighted by atomic mass is 32.2. The predicted octanol–water partition coefficient (Wildman–Crippen LogP) is 3.99. The van der Waals surface area contributed by atoms with Crippen LogP contribution in [0.1, 0.15) is 23.0 Å². The average Bonchev–Trinajstić information content (AvgIpc) is 3.24. The van der Waals surface area contributed by atoms with E-state index in [0.29, 0.717) is 28.7 Å². The number of ether oxygens (including phenoxy) is 1. The van der Waals surface area contributed by atoms with Crippen molar-refractivity contribution in [1.29, 1.82) is 0 Å². The topological polar surface area (TPSA) is 82.8 Å². The van der Waals surface area contributed by atoms with Crippen LogP contribution in [0.15, 0.2) is 59.8 Å². The molecule has 146 valence electrons. The van der Waals surface area contributed by atoms with Gasteiger partial charge in [0.25, 0.3) is 0 Å². The van der Waals surface area contributed by atoms with E-state index in [9.17, 15) is 4.79 Å². The molecule has 0 aliphatic rings. The van der Waals surface area contributed by atoms with Gasteiger partial charge in [0.2, 0.25) is 5.16 Å². The highest BCUT2D eigenvalue weighted by Crippen LogP contribution is 2.35. The van der Waals surface area contributed by atoms with E-state index in [2.05, 4.69) is 15.5 Å². The lowest BCUT2D eigenvalue weighted by atomic mass is 9.94. The zero-order chi connectivity index (χ0) is 20.2. The number of methoxy groups -OCH3 is 1. The minimum atomic E-state index is -0.409. The predicted molar refractivity (Wildman–Crippen MR) is 112 cm³/mol. The number of carbonyl (C=O) groups is 1. The summed E-state index contributed by atoms with van der Waals surface area (Å²) in [5.41, 5.74) is 3.71. The number of esters is 1. The lowest BCUT2D eigenvalue weighted by molar-refractivity contribution is 0.0600. The molecule has 0 aliphatic carbocycles. The number of hydrogen-bond donors (Lipinski definition) is 0. The molecule has 0 saturated heterocycles. The molecule has 7 nitrogen and oxygen atoms in total. The van der Waals surface area contributed by atoms with Crippen LogP contribution in [0, 0.1) is 0 Å². The zero-order valence-electron chi connectivity index (χ0n) is 16.1. The first-order chi connectivity index (χ1) is 14.2. The fourth-order valence-electron chi connectivity index (χ4n) is 3.23. The number of nitrogens with zero attached hydrogens (tertiary/aromatic N) is 5. The zero-order valence-corrected chi connectivity index (χ0v) is 16.9. The molecular formula is C21H19N5O2S. The van der Waals surface area contributed by atoms with Gasteiger partial charge in [0.15, 0.2) is 0 Å². The van der Waals surface area contributed by atoms with Crippen molar-refractivity contribution in [3.05, 3.63) is 65.9 Å². The van der Waals surface area contributed by atoms with Crippen molar-refractivity contribution in [1.82, 2.24) is 25.2 Å². The highest BCUT2D eigenvalue weighted by Gasteiger charge is 2.23. The Bertz CT molecular complexity index is 1160. The van der Waals surface area contributed by atoms with Crippen molar-refractivity contribution in [3.8, 4) is 11.1 Å². The molecule has 0 spiro atoms. The quantitative estimate of drug-likeness (QED) is 0.354. The molecule has 8 heteroatoms. The summed E-state index contributed by atoms with van der Waals surface area (Å²) in [6, 6.07) is 17.7. The number of fused-ring (bicyclic) bond motifs is 1. The number of carbonyl (C=O) groups excluding carboxylic acids is 1. The molecule has 0 fully saturated rings. The van der Waals surface area contributed by atoms with E-state index in [1.165, 1.54) is 18.9 Å². The molecule has 0 amide bonds. The summed E-state index contributed by atoms with van der Waals surface area (Å²) >= 11 is 1.44. The van der Waals surface area contributed by atoms with Crippen molar-refractivity contribution in [2.45, 2.75) is 24.4 Å². The van der Waals surface area contributed by atoms with Crippen LogP contribution in [-0.2, 0) is 17.0 Å². The van der Waals surface area contributed by atoms with Crippen LogP contribution in [-0.4, -0.2) is 38.3 Å². The second kappa shape index (κ2) is 8.40. The maximum atomic E-state index is 12.8. The summed E-state index contributed by atoms with van der Waals surface area (Å²) in [6.45, 7) is 2.64. The maximum Gasteiger partial charge on any atom is 0.340 e. The Morgan fingerprint density at radius 2 is 1.86 bits per heavy atom. The standard InChI is InChI=1S/C21H19N5O2S/c1-3-26-21(23-24-25-26)29-13-17-19(20(27)28-2)18(14-9-5-4-6-10-14)15-11-7-8-12-16(15)22-17/h4-12H,3,13H2,1-2H3. The van der Waals surface area contributed by atoms with Crippen molar-refractivity contribution < 1.29 is 9.53 Å². The number of aryl methyl sites for hydroxylation is 1. The summed E-state index contributed by atoms with van der Waals surface area (Å²) in [5.74, 6) is 0.0305. The summed E-state index contributed by atoms with van der Waals surface area (Å²) in [7, 11) is 1.39. The van der Waals surface area contributed by atoms with E-state index in [0.717, 1.165) is 22.0 Å². The van der Waals surface area contributed by atoms with Gasteiger partial charge in [-0.25, -0.2) is 9.48 Å². The minimum Gasteiger partial charge on any atom is -0.465 e. The Kier molecular flexibility index (Phi) is 5.53. The maximum absolute atomic E-state index is 12.8. The van der Waals surface area contributed by atoms with Gasteiger partial charge in [-0.2, -0.15) is 0 Å². The van der Waals surface area contributed by atoms with E-state index in [-0.39, 0.29) is 0 Å². The normalized spacial score (nSPS) is 11.0. The monoisotopic (exact) mass is 405 g/mol. The highest BCUT2D eigenvalue weighted by molar-refractivity contribution is 7.98. The molecule has 4 rings (SSSR count). The lowest BCUT2D eigenvalue weighted by Gasteiger charge is -2.16. The van der Waals surface area contributed by atoms with Crippen LogP contribution in [0.5, 0.6) is 0 Å². The molecule has 0 N–H and O–H groups in total. The van der Waals surface area contributed by atoms with Gasteiger partial charge in [0.1, 0.15) is 0 Å². The van der Waals surface area contributed by atoms with E-state index in [1.807, 2.05) is 61.5 Å². The van der Waals surface area contributed by atoms with Gasteiger partial charge >= 0.3 is 5.97 Å². The fraction of sp³-hybridized carbons (Fsp3) is 0.190. The summed E-state index contributed by atoms with van der Waals surface area (Å²) in [5, 5.41) is 13.3. The van der Waals surface area contributed by atoms with Gasteiger partial charge in [-0.1, -0.05) is 60.3 Å². The Morgan fingerprint density at radius 1 is 1.10 bits per heavy atom. The molecule has 2 heterocycles. The summed E-state index contributed by atoms with van der Waals surface area (Å²) < 4.78 is 6.85. The molecule has 0 aliphatic heterocycles. The molecule has 0 saturated carbocycles. The molecule has 0 bridgehead atoms. The number of aromatic nitrogens is 5. The number of rotatable bonds is 6. The van der Waals surface area contributed by atoms with E-state index < -0.39 is 5.97 Å². The molecule has 0 radical (unpaired) electrons. The van der Waals surface area contributed by atoms with Crippen LogP contribution in [0.25, 0.3) is 22.0 Å². The second-order valence-corrected chi connectivity index (χ2v) is 7.19. The minimum absolute atomic E-state index is 0.409. The molecule has 2 aromatic carbocycles. The van der Waals surface area contributed by atoms with Crippen molar-refractivity contribution in [2.24, 2.45) is 0 Å². The number of hydrogen-bond acceptors (Lipinski definition) is 7. The SMILES string of the molecule is CCn1nnnc1SCc1nc2ccccc2c(-c2ccccc2)c1C(=O)OC. The second-order valence-electron chi connectivity index (χ2n) is 6.25. The van der Waals surface area contributed by atoms with Crippen LogP contribution in [0.3, 0.4) is 0 Å². The van der Waals surface area contributed by atoms with Crippen LogP contribution in [0.2, 0.25) is 0 Å². The van der Waals surface area contributed by atoms with E-state index in [1.54, 1.807) is 4.68 Å². The number of benzene rings is 2. The number of pyridine rings is 1. The third-order valence-electron chi connectivity index (χ3n) is 4.56. The van der Waals surface area contributed by atoms with Crippen LogP contribution >= 0.6 is 11.8 Å². The van der Waals surface area contributed by atoms with E-state index in [4.69, 9.17) is 9.72 Å². The fourth-order valence-corrected chi connectivity index (χ4v) is 4.11. The number of tetrazole rings is 1. The lowest BCUT2D eigenvalue weighted by Crippen LogP contribution is -2.11. The molecule has 2 aromatic heterocycles. The van der Waals surface area contributed by atoms with Crippen molar-refractivity contribution >= 4 is 28.6 Å². The van der Waals surface area contributed by atoms with Gasteiger partial charge < -0.3 is 4.74 Å². The Balaban J connectivity index is 1.90. The summed E-state index contributed by atoms with van der Waals surface area (Å²) in [4.78, 5) is 17.6. The third kappa shape index (κ3) is 3.71. The van der Waals surface area contributed by atoms with Crippen LogP contribution < -0.4 is 0 Å². The Labute approximate surface area is 172 Å². The first-order valence-corrected chi connectivity index (χ1v) is 10.2. The third-order valence-corrected chi connectivity index (χ3v) is 5.52. The average molecular weight is 405 g/mol. The molecule has 0 atom stereocenters. The van der Waals surface area contributed by atoms with Gasteiger partial charge in [-0.05, 0) is 29.0 Å². The van der Waals surface area contributed by atoms with Crippen molar-refractivity contribution in [3.63, 3.8) is 0 Å². The Morgan fingerprint density at radius 3 is 2.62 bits per heavy atom. The first kappa shape index (κ1) is 19.1. The first-order valence-electron chi connectivity index (χ1n) is 9.17. The van der Waals surface area contributed by atoms with Gasteiger partial charge in [-0.15, -0.1) is 5.10 Å². The molecular weight excluding hydrogens is 386 g/mol. The number of para-hydroxylation sites is 1. The van der Waals surface area contributed by atoms with Gasteiger partial charge in [0.05, 0.1) is 23.9 Å². The van der Waals surface area contributed by atoms with Crippen LogP contribution in [0.4, 0.5) is 0 Å². The molecule has 29 heavy (non-hydrogen) atoms. The number of thioether (sulfide) groups is 1. The van der Waals surface area contributed by atoms with Gasteiger partial charge in [0, 0.05) is 23.2 Å². The van der Waals surface area contributed by atoms with Crippen molar-refractivity contribution in [2.75, 3.05) is 7.11 Å². The van der Waals surface area contributed by atoms with Gasteiger partial charge in [-0.3, -0.25) is 4.98 Å². The largest absolute Gasteiger partial charge is 0.465 e. The molecule has 4 aromatic rings.